The van der Waals surface area contributed by atoms with Crippen molar-refractivity contribution in [2.75, 3.05) is 7.11 Å². The zero-order chi connectivity index (χ0) is 17.6. The van der Waals surface area contributed by atoms with E-state index in [-0.39, 0.29) is 11.9 Å². The van der Waals surface area contributed by atoms with Crippen molar-refractivity contribution in [2.45, 2.75) is 26.1 Å². The molecule has 5 nitrogen and oxygen atoms in total. The van der Waals surface area contributed by atoms with E-state index >= 15 is 0 Å². The lowest BCUT2D eigenvalue weighted by Crippen LogP contribution is -2.19. The van der Waals surface area contributed by atoms with Gasteiger partial charge in [-0.1, -0.05) is 30.3 Å². The first kappa shape index (κ1) is 17.1. The topological polar surface area (TPSA) is 52.0 Å². The summed E-state index contributed by atoms with van der Waals surface area (Å²) in [5, 5.41) is 7.48. The molecular formula is C19H21FN4O. The molecule has 1 heterocycles. The van der Waals surface area contributed by atoms with E-state index in [0.717, 1.165) is 11.1 Å². The number of nitrogens with zero attached hydrogens (tertiary/aromatic N) is 3. The van der Waals surface area contributed by atoms with Crippen molar-refractivity contribution >= 4 is 0 Å². The van der Waals surface area contributed by atoms with Crippen LogP contribution in [0.2, 0.25) is 0 Å². The minimum Gasteiger partial charge on any atom is -0.497 e. The molecular weight excluding hydrogens is 319 g/mol. The number of methoxy groups -OCH3 is 1. The van der Waals surface area contributed by atoms with Gasteiger partial charge in [0.1, 0.15) is 24.2 Å². The summed E-state index contributed by atoms with van der Waals surface area (Å²) < 4.78 is 21.0. The van der Waals surface area contributed by atoms with Gasteiger partial charge in [0.25, 0.3) is 0 Å². The Labute approximate surface area is 146 Å². The van der Waals surface area contributed by atoms with E-state index in [0.29, 0.717) is 24.4 Å². The average molecular weight is 340 g/mol. The average Bonchev–Trinajstić information content (AvgIpc) is 3.13. The number of halogens is 1. The van der Waals surface area contributed by atoms with Crippen LogP contribution in [0.25, 0.3) is 0 Å². The lowest BCUT2D eigenvalue weighted by molar-refractivity contribution is 0.409. The summed E-state index contributed by atoms with van der Waals surface area (Å²) in [6.07, 6.45) is 3.22. The van der Waals surface area contributed by atoms with Crippen molar-refractivity contribution < 1.29 is 9.13 Å². The molecule has 0 aliphatic rings. The van der Waals surface area contributed by atoms with Crippen molar-refractivity contribution in [3.05, 3.63) is 77.6 Å². The summed E-state index contributed by atoms with van der Waals surface area (Å²) in [7, 11) is 1.53. The molecule has 1 atom stereocenters. The minimum atomic E-state index is -0.265. The quantitative estimate of drug-likeness (QED) is 0.717. The number of aromatic nitrogens is 3. The standard InChI is InChI=1S/C19H21FN4O/c1-14(18-7-6-17(25-2)9-19(18)20)22-10-15-4-3-5-16(8-15)11-24-13-21-12-23-24/h3-9,12-14,22H,10-11H2,1-2H3. The van der Waals surface area contributed by atoms with Crippen molar-refractivity contribution in [3.8, 4) is 5.75 Å². The number of hydrogen-bond acceptors (Lipinski definition) is 4. The highest BCUT2D eigenvalue weighted by Gasteiger charge is 2.11. The number of nitrogens with one attached hydrogen (secondary N) is 1. The Morgan fingerprint density at radius 1 is 1.20 bits per heavy atom. The van der Waals surface area contributed by atoms with Crippen LogP contribution in [-0.4, -0.2) is 21.9 Å². The molecule has 0 saturated carbocycles. The van der Waals surface area contributed by atoms with Crippen LogP contribution in [0, 0.1) is 5.82 Å². The fourth-order valence-corrected chi connectivity index (χ4v) is 2.71. The molecule has 0 aliphatic heterocycles. The molecule has 25 heavy (non-hydrogen) atoms. The minimum absolute atomic E-state index is 0.107. The zero-order valence-electron chi connectivity index (χ0n) is 14.3. The first-order chi connectivity index (χ1) is 12.2. The molecule has 6 heteroatoms. The molecule has 3 aromatic rings. The van der Waals surface area contributed by atoms with Crippen LogP contribution in [0.3, 0.4) is 0 Å². The van der Waals surface area contributed by atoms with Gasteiger partial charge in [-0.2, -0.15) is 5.10 Å². The highest BCUT2D eigenvalue weighted by atomic mass is 19.1. The molecule has 2 aromatic carbocycles. The molecule has 0 bridgehead atoms. The van der Waals surface area contributed by atoms with Crippen LogP contribution in [0.15, 0.2) is 55.1 Å². The predicted octanol–water partition coefficient (Wildman–Crippen LogP) is 3.32. The van der Waals surface area contributed by atoms with Crippen molar-refractivity contribution in [2.24, 2.45) is 0 Å². The van der Waals surface area contributed by atoms with Gasteiger partial charge in [-0.3, -0.25) is 0 Å². The maximum absolute atomic E-state index is 14.2. The van der Waals surface area contributed by atoms with Crippen molar-refractivity contribution in [1.29, 1.82) is 0 Å². The smallest absolute Gasteiger partial charge is 0.137 e. The van der Waals surface area contributed by atoms with Gasteiger partial charge in [0.05, 0.1) is 13.7 Å². The summed E-state index contributed by atoms with van der Waals surface area (Å²) >= 11 is 0. The van der Waals surface area contributed by atoms with E-state index in [4.69, 9.17) is 4.74 Å². The van der Waals surface area contributed by atoms with Gasteiger partial charge in [-0.25, -0.2) is 14.1 Å². The van der Waals surface area contributed by atoms with Gasteiger partial charge in [0, 0.05) is 24.2 Å². The number of rotatable bonds is 7. The molecule has 1 N–H and O–H groups in total. The first-order valence-corrected chi connectivity index (χ1v) is 8.13. The van der Waals surface area contributed by atoms with Crippen LogP contribution in [0.1, 0.15) is 29.7 Å². The highest BCUT2D eigenvalue weighted by molar-refractivity contribution is 5.31. The molecule has 0 radical (unpaired) electrons. The van der Waals surface area contributed by atoms with Gasteiger partial charge in [0.2, 0.25) is 0 Å². The molecule has 1 unspecified atom stereocenters. The Hall–Kier alpha value is -2.73. The van der Waals surface area contributed by atoms with E-state index < -0.39 is 0 Å². The first-order valence-electron chi connectivity index (χ1n) is 8.13. The Bertz CT molecular complexity index is 820. The fourth-order valence-electron chi connectivity index (χ4n) is 2.71. The summed E-state index contributed by atoms with van der Waals surface area (Å²) in [6.45, 7) is 3.28. The normalized spacial score (nSPS) is 12.1. The largest absolute Gasteiger partial charge is 0.497 e. The second-order valence-corrected chi connectivity index (χ2v) is 5.90. The molecule has 1 aromatic heterocycles. The molecule has 3 rings (SSSR count). The summed E-state index contributed by atoms with van der Waals surface area (Å²) in [5.74, 6) is 0.258. The van der Waals surface area contributed by atoms with Crippen LogP contribution in [-0.2, 0) is 13.1 Å². The number of benzene rings is 2. The summed E-state index contributed by atoms with van der Waals surface area (Å²) in [4.78, 5) is 3.95. The lowest BCUT2D eigenvalue weighted by Gasteiger charge is -2.16. The number of ether oxygens (including phenoxy) is 1. The maximum Gasteiger partial charge on any atom is 0.137 e. The molecule has 0 saturated heterocycles. The Kier molecular flexibility index (Phi) is 5.40. The zero-order valence-corrected chi connectivity index (χ0v) is 14.3. The Morgan fingerprint density at radius 3 is 2.76 bits per heavy atom. The predicted molar refractivity (Wildman–Crippen MR) is 93.8 cm³/mol. The van der Waals surface area contributed by atoms with Crippen LogP contribution in [0.5, 0.6) is 5.75 Å². The van der Waals surface area contributed by atoms with Gasteiger partial charge >= 0.3 is 0 Å². The van der Waals surface area contributed by atoms with Gasteiger partial charge in [0.15, 0.2) is 0 Å². The summed E-state index contributed by atoms with van der Waals surface area (Å²) in [6, 6.07) is 13.1. The second-order valence-electron chi connectivity index (χ2n) is 5.90. The molecule has 130 valence electrons. The Balaban J connectivity index is 1.63. The third kappa shape index (κ3) is 4.42. The van der Waals surface area contributed by atoms with Crippen molar-refractivity contribution in [1.82, 2.24) is 20.1 Å². The number of hydrogen-bond donors (Lipinski definition) is 1. The molecule has 0 spiro atoms. The van der Waals surface area contributed by atoms with Gasteiger partial charge in [-0.05, 0) is 24.1 Å². The van der Waals surface area contributed by atoms with Crippen molar-refractivity contribution in [3.63, 3.8) is 0 Å². The van der Waals surface area contributed by atoms with E-state index in [1.165, 1.54) is 19.5 Å². The van der Waals surface area contributed by atoms with Gasteiger partial charge in [-0.15, -0.1) is 0 Å². The van der Waals surface area contributed by atoms with Crippen LogP contribution >= 0.6 is 0 Å². The van der Waals surface area contributed by atoms with Crippen LogP contribution < -0.4 is 10.1 Å². The molecule has 0 amide bonds. The highest BCUT2D eigenvalue weighted by Crippen LogP contribution is 2.22. The maximum atomic E-state index is 14.2. The SMILES string of the molecule is COc1ccc(C(C)NCc2cccc(Cn3cncn3)c2)c(F)c1. The van der Waals surface area contributed by atoms with E-state index in [1.54, 1.807) is 23.1 Å². The molecule has 0 aliphatic carbocycles. The van der Waals surface area contributed by atoms with E-state index in [9.17, 15) is 4.39 Å². The molecule has 0 fully saturated rings. The second kappa shape index (κ2) is 7.90. The van der Waals surface area contributed by atoms with Crippen LogP contribution in [0.4, 0.5) is 4.39 Å². The lowest BCUT2D eigenvalue weighted by atomic mass is 10.1. The third-order valence-corrected chi connectivity index (χ3v) is 4.09. The third-order valence-electron chi connectivity index (χ3n) is 4.09. The van der Waals surface area contributed by atoms with E-state index in [2.05, 4.69) is 33.6 Å². The Morgan fingerprint density at radius 2 is 2.04 bits per heavy atom. The summed E-state index contributed by atoms with van der Waals surface area (Å²) in [5.41, 5.74) is 2.91. The monoisotopic (exact) mass is 340 g/mol. The van der Waals surface area contributed by atoms with Gasteiger partial charge < -0.3 is 10.1 Å². The van der Waals surface area contributed by atoms with E-state index in [1.807, 2.05) is 13.0 Å². The fraction of sp³-hybridized carbons (Fsp3) is 0.263.